The van der Waals surface area contributed by atoms with Gasteiger partial charge in [-0.25, -0.2) is 8.42 Å². The van der Waals surface area contributed by atoms with E-state index < -0.39 is 16.4 Å². The quantitative estimate of drug-likeness (QED) is 0.891. The Morgan fingerprint density at radius 2 is 1.95 bits per heavy atom. The van der Waals surface area contributed by atoms with E-state index in [4.69, 9.17) is 5.11 Å². The molecule has 108 valence electrons. The molecule has 0 radical (unpaired) electrons. The van der Waals surface area contributed by atoms with E-state index in [2.05, 4.69) is 10.2 Å². The number of aryl methyl sites for hydroxylation is 1. The molecular weight excluding hydrogens is 278 g/mol. The lowest BCUT2D eigenvalue weighted by Gasteiger charge is -2.09. The molecule has 7 heteroatoms. The summed E-state index contributed by atoms with van der Waals surface area (Å²) in [6.45, 7) is 3.78. The largest absolute Gasteiger partial charge is 0.395 e. The number of hydrogen-bond donors (Lipinski definition) is 1. The van der Waals surface area contributed by atoms with Gasteiger partial charge >= 0.3 is 0 Å². The third-order valence-electron chi connectivity index (χ3n) is 3.06. The summed E-state index contributed by atoms with van der Waals surface area (Å²) >= 11 is 0. The van der Waals surface area contributed by atoms with E-state index in [0.717, 1.165) is 11.1 Å². The van der Waals surface area contributed by atoms with Gasteiger partial charge in [-0.2, -0.15) is 0 Å². The average Bonchev–Trinajstić information content (AvgIpc) is 2.83. The Bertz CT molecular complexity index is 707. The van der Waals surface area contributed by atoms with Gasteiger partial charge < -0.3 is 5.11 Å². The van der Waals surface area contributed by atoms with Crippen LogP contribution in [0.1, 0.15) is 12.5 Å². The number of aliphatic hydroxyl groups is 1. The maximum Gasteiger partial charge on any atom is 0.250 e. The fourth-order valence-electron chi connectivity index (χ4n) is 2.04. The van der Waals surface area contributed by atoms with Gasteiger partial charge in [0.15, 0.2) is 5.82 Å². The molecule has 0 aliphatic heterocycles. The fourth-order valence-corrected chi connectivity index (χ4v) is 3.18. The van der Waals surface area contributed by atoms with Crippen molar-refractivity contribution >= 4 is 9.84 Å². The third-order valence-corrected chi connectivity index (χ3v) is 4.64. The van der Waals surface area contributed by atoms with Crippen molar-refractivity contribution < 1.29 is 13.5 Å². The summed E-state index contributed by atoms with van der Waals surface area (Å²) < 4.78 is 25.7. The molecule has 0 atom stereocenters. The first-order valence-electron chi connectivity index (χ1n) is 6.34. The maximum atomic E-state index is 12.1. The molecule has 2 rings (SSSR count). The van der Waals surface area contributed by atoms with Crippen molar-refractivity contribution in [3.8, 4) is 11.4 Å². The number of aliphatic hydroxyl groups excluding tert-OH is 1. The molecule has 0 saturated carbocycles. The van der Waals surface area contributed by atoms with Crippen molar-refractivity contribution in [2.24, 2.45) is 0 Å². The first-order valence-corrected chi connectivity index (χ1v) is 7.99. The van der Waals surface area contributed by atoms with Crippen LogP contribution in [-0.4, -0.2) is 40.6 Å². The normalized spacial score (nSPS) is 11.8. The fraction of sp³-hybridized carbons (Fsp3) is 0.385. The van der Waals surface area contributed by atoms with Crippen LogP contribution in [0.2, 0.25) is 0 Å². The van der Waals surface area contributed by atoms with E-state index in [-0.39, 0.29) is 10.9 Å². The number of sulfone groups is 1. The highest BCUT2D eigenvalue weighted by Crippen LogP contribution is 2.23. The summed E-state index contributed by atoms with van der Waals surface area (Å²) in [7, 11) is -3.61. The molecule has 1 heterocycles. The van der Waals surface area contributed by atoms with E-state index in [9.17, 15) is 8.42 Å². The summed E-state index contributed by atoms with van der Waals surface area (Å²) in [5.41, 5.74) is 1.85. The van der Waals surface area contributed by atoms with Gasteiger partial charge in [0, 0.05) is 12.1 Å². The van der Waals surface area contributed by atoms with Gasteiger partial charge in [0.2, 0.25) is 15.0 Å². The number of benzene rings is 1. The number of hydrogen-bond acceptors (Lipinski definition) is 5. The average molecular weight is 295 g/mol. The minimum atomic E-state index is -3.61. The first kappa shape index (κ1) is 14.7. The third kappa shape index (κ3) is 2.59. The summed E-state index contributed by atoms with van der Waals surface area (Å²) in [4.78, 5) is 0. The van der Waals surface area contributed by atoms with Crippen LogP contribution >= 0.6 is 0 Å². The Balaban J connectivity index is 2.59. The van der Waals surface area contributed by atoms with Crippen molar-refractivity contribution in [2.45, 2.75) is 25.5 Å². The maximum absolute atomic E-state index is 12.1. The lowest BCUT2D eigenvalue weighted by molar-refractivity contribution is 0.319. The standard InChI is InChI=1S/C13H17N3O3S/c1-3-16-12(11-7-5-4-6-10(11)2)14-15-13(16)20(18,19)9-8-17/h4-7,17H,3,8-9H2,1-2H3. The highest BCUT2D eigenvalue weighted by atomic mass is 32.2. The predicted molar refractivity (Wildman–Crippen MR) is 75.0 cm³/mol. The van der Waals surface area contributed by atoms with Crippen molar-refractivity contribution in [3.05, 3.63) is 29.8 Å². The van der Waals surface area contributed by atoms with Gasteiger partial charge in [-0.15, -0.1) is 10.2 Å². The van der Waals surface area contributed by atoms with Crippen molar-refractivity contribution in [1.29, 1.82) is 0 Å². The zero-order valence-electron chi connectivity index (χ0n) is 11.4. The zero-order valence-corrected chi connectivity index (χ0v) is 12.3. The topological polar surface area (TPSA) is 85.1 Å². The van der Waals surface area contributed by atoms with E-state index in [1.54, 1.807) is 4.57 Å². The van der Waals surface area contributed by atoms with Gasteiger partial charge in [0.05, 0.1) is 12.4 Å². The Labute approximate surface area is 118 Å². The second kappa shape index (κ2) is 5.72. The van der Waals surface area contributed by atoms with E-state index in [0.29, 0.717) is 12.4 Å². The van der Waals surface area contributed by atoms with Crippen LogP contribution in [0.15, 0.2) is 29.4 Å². The molecule has 0 amide bonds. The van der Waals surface area contributed by atoms with Crippen LogP contribution in [-0.2, 0) is 16.4 Å². The molecule has 0 bridgehead atoms. The van der Waals surface area contributed by atoms with Gasteiger partial charge in [0.1, 0.15) is 0 Å². The van der Waals surface area contributed by atoms with E-state index in [1.807, 2.05) is 38.1 Å². The monoisotopic (exact) mass is 295 g/mol. The van der Waals surface area contributed by atoms with Crippen molar-refractivity contribution in [3.63, 3.8) is 0 Å². The minimum absolute atomic E-state index is 0.0905. The van der Waals surface area contributed by atoms with Crippen LogP contribution in [0.25, 0.3) is 11.4 Å². The summed E-state index contributed by atoms with van der Waals surface area (Å²) in [6.07, 6.45) is 0. The second-order valence-electron chi connectivity index (χ2n) is 4.41. The Morgan fingerprint density at radius 1 is 1.25 bits per heavy atom. The van der Waals surface area contributed by atoms with Gasteiger partial charge in [0.25, 0.3) is 0 Å². The molecule has 0 aliphatic rings. The van der Waals surface area contributed by atoms with Gasteiger partial charge in [-0.3, -0.25) is 4.57 Å². The van der Waals surface area contributed by atoms with Crippen LogP contribution in [0, 0.1) is 6.92 Å². The Hall–Kier alpha value is -1.73. The van der Waals surface area contributed by atoms with Crippen molar-refractivity contribution in [1.82, 2.24) is 14.8 Å². The molecular formula is C13H17N3O3S. The Morgan fingerprint density at radius 3 is 2.55 bits per heavy atom. The lowest BCUT2D eigenvalue weighted by atomic mass is 10.1. The molecule has 0 spiro atoms. The SMILES string of the molecule is CCn1c(-c2ccccc2C)nnc1S(=O)(=O)CCO. The molecule has 1 N–H and O–H groups in total. The van der Waals surface area contributed by atoms with Crippen LogP contribution in [0.5, 0.6) is 0 Å². The molecule has 20 heavy (non-hydrogen) atoms. The molecule has 0 saturated heterocycles. The molecule has 6 nitrogen and oxygen atoms in total. The summed E-state index contributed by atoms with van der Waals surface area (Å²) in [5.74, 6) is 0.181. The highest BCUT2D eigenvalue weighted by molar-refractivity contribution is 7.91. The van der Waals surface area contributed by atoms with Crippen LogP contribution < -0.4 is 0 Å². The number of aromatic nitrogens is 3. The van der Waals surface area contributed by atoms with E-state index >= 15 is 0 Å². The molecule has 0 fully saturated rings. The lowest BCUT2D eigenvalue weighted by Crippen LogP contribution is -2.16. The number of nitrogens with zero attached hydrogens (tertiary/aromatic N) is 3. The molecule has 0 aliphatic carbocycles. The van der Waals surface area contributed by atoms with Crippen LogP contribution in [0.4, 0.5) is 0 Å². The van der Waals surface area contributed by atoms with Gasteiger partial charge in [-0.1, -0.05) is 24.3 Å². The smallest absolute Gasteiger partial charge is 0.250 e. The van der Waals surface area contributed by atoms with E-state index in [1.165, 1.54) is 0 Å². The predicted octanol–water partition coefficient (Wildman–Crippen LogP) is 1.04. The summed E-state index contributed by atoms with van der Waals surface area (Å²) in [6, 6.07) is 7.60. The van der Waals surface area contributed by atoms with Crippen LogP contribution in [0.3, 0.4) is 0 Å². The summed E-state index contributed by atoms with van der Waals surface area (Å²) in [5, 5.41) is 16.6. The zero-order chi connectivity index (χ0) is 14.8. The number of rotatable bonds is 5. The Kier molecular flexibility index (Phi) is 4.20. The van der Waals surface area contributed by atoms with Crippen molar-refractivity contribution in [2.75, 3.05) is 12.4 Å². The van der Waals surface area contributed by atoms with Gasteiger partial charge in [-0.05, 0) is 19.4 Å². The molecule has 1 aromatic carbocycles. The second-order valence-corrected chi connectivity index (χ2v) is 6.41. The minimum Gasteiger partial charge on any atom is -0.395 e. The molecule has 1 aromatic heterocycles. The first-order chi connectivity index (χ1) is 9.51. The highest BCUT2D eigenvalue weighted by Gasteiger charge is 2.24. The molecule has 0 unspecified atom stereocenters. The molecule has 2 aromatic rings.